The Morgan fingerprint density at radius 1 is 1.62 bits per heavy atom. The smallest absolute Gasteiger partial charge is 0.295 e. The van der Waals surface area contributed by atoms with Crippen molar-refractivity contribution in [3.8, 4) is 0 Å². The van der Waals surface area contributed by atoms with Crippen LogP contribution in [0.2, 0.25) is 0 Å². The Bertz CT molecular complexity index is 584. The SMILES string of the molecule is CNC(=O)C1CNCCN1c1cc(Br)c(F)cc1[N+](=O)[O-]. The summed E-state index contributed by atoms with van der Waals surface area (Å²) >= 11 is 3.03. The lowest BCUT2D eigenvalue weighted by molar-refractivity contribution is -0.384. The van der Waals surface area contributed by atoms with Gasteiger partial charge in [0.05, 0.1) is 15.5 Å². The summed E-state index contributed by atoms with van der Waals surface area (Å²) in [5, 5.41) is 16.8. The number of hydrogen-bond acceptors (Lipinski definition) is 5. The highest BCUT2D eigenvalue weighted by Gasteiger charge is 2.33. The lowest BCUT2D eigenvalue weighted by Gasteiger charge is -2.36. The average molecular weight is 361 g/mol. The van der Waals surface area contributed by atoms with Crippen molar-refractivity contribution < 1.29 is 14.1 Å². The van der Waals surface area contributed by atoms with Crippen molar-refractivity contribution in [2.45, 2.75) is 6.04 Å². The monoisotopic (exact) mass is 360 g/mol. The molecule has 0 aromatic heterocycles. The van der Waals surface area contributed by atoms with Crippen LogP contribution in [0.4, 0.5) is 15.8 Å². The summed E-state index contributed by atoms with van der Waals surface area (Å²) in [7, 11) is 1.50. The molecule has 1 aromatic rings. The van der Waals surface area contributed by atoms with Gasteiger partial charge in [0.1, 0.15) is 17.5 Å². The van der Waals surface area contributed by atoms with E-state index in [-0.39, 0.29) is 21.8 Å². The summed E-state index contributed by atoms with van der Waals surface area (Å²) in [6.45, 7) is 1.36. The lowest BCUT2D eigenvalue weighted by Crippen LogP contribution is -2.57. The van der Waals surface area contributed by atoms with E-state index < -0.39 is 16.8 Å². The third-order valence-corrected chi connectivity index (χ3v) is 3.92. The number of carbonyl (C=O) groups is 1. The molecule has 1 aromatic carbocycles. The number of carbonyl (C=O) groups excluding carboxylic acids is 1. The Morgan fingerprint density at radius 3 is 2.95 bits per heavy atom. The third-order valence-electron chi connectivity index (χ3n) is 3.32. The summed E-state index contributed by atoms with van der Waals surface area (Å²) in [5.41, 5.74) is -0.130. The Morgan fingerprint density at radius 2 is 2.33 bits per heavy atom. The number of halogens is 2. The van der Waals surface area contributed by atoms with E-state index in [1.807, 2.05) is 0 Å². The molecule has 1 saturated heterocycles. The predicted octanol–water partition coefficient (Wildman–Crippen LogP) is 1.02. The first kappa shape index (κ1) is 15.6. The summed E-state index contributed by atoms with van der Waals surface area (Å²) in [6.07, 6.45) is 0. The minimum Gasteiger partial charge on any atom is -0.357 e. The number of benzene rings is 1. The molecule has 0 bridgehead atoms. The van der Waals surface area contributed by atoms with E-state index in [0.717, 1.165) is 6.07 Å². The van der Waals surface area contributed by atoms with Crippen LogP contribution in [0.1, 0.15) is 0 Å². The molecule has 114 valence electrons. The van der Waals surface area contributed by atoms with Gasteiger partial charge in [0, 0.05) is 26.7 Å². The second-order valence-electron chi connectivity index (χ2n) is 4.54. The van der Waals surface area contributed by atoms with Crippen LogP contribution in [-0.4, -0.2) is 43.6 Å². The first-order chi connectivity index (χ1) is 9.95. The number of nitrogens with one attached hydrogen (secondary N) is 2. The Kier molecular flexibility index (Phi) is 4.73. The maximum Gasteiger partial charge on any atom is 0.295 e. The largest absolute Gasteiger partial charge is 0.357 e. The fourth-order valence-corrected chi connectivity index (χ4v) is 2.63. The number of hydrogen-bond donors (Lipinski definition) is 2. The molecule has 1 fully saturated rings. The standard InChI is InChI=1S/C12H14BrFN4O3/c1-15-12(19)11-6-16-2-3-17(11)9-4-7(13)8(14)5-10(9)18(20)21/h4-5,11,16H,2-3,6H2,1H3,(H,15,19). The van der Waals surface area contributed by atoms with Crippen LogP contribution in [-0.2, 0) is 4.79 Å². The van der Waals surface area contributed by atoms with Crippen LogP contribution in [0.5, 0.6) is 0 Å². The van der Waals surface area contributed by atoms with E-state index in [1.54, 1.807) is 4.90 Å². The van der Waals surface area contributed by atoms with E-state index in [0.29, 0.717) is 19.6 Å². The normalized spacial score (nSPS) is 18.4. The van der Waals surface area contributed by atoms with Crippen molar-refractivity contribution in [2.24, 2.45) is 0 Å². The first-order valence-electron chi connectivity index (χ1n) is 6.28. The molecule has 1 unspecified atom stereocenters. The molecule has 21 heavy (non-hydrogen) atoms. The van der Waals surface area contributed by atoms with E-state index in [2.05, 4.69) is 26.6 Å². The molecule has 0 radical (unpaired) electrons. The first-order valence-corrected chi connectivity index (χ1v) is 7.07. The van der Waals surface area contributed by atoms with Gasteiger partial charge in [-0.2, -0.15) is 0 Å². The van der Waals surface area contributed by atoms with Gasteiger partial charge in [0.25, 0.3) is 5.69 Å². The Hall–Kier alpha value is -1.74. The highest BCUT2D eigenvalue weighted by atomic mass is 79.9. The zero-order chi connectivity index (χ0) is 15.6. The zero-order valence-corrected chi connectivity index (χ0v) is 12.8. The molecular formula is C12H14BrFN4O3. The maximum absolute atomic E-state index is 13.5. The zero-order valence-electron chi connectivity index (χ0n) is 11.2. The number of nitrogens with zero attached hydrogens (tertiary/aromatic N) is 2. The van der Waals surface area contributed by atoms with Gasteiger partial charge in [-0.3, -0.25) is 14.9 Å². The summed E-state index contributed by atoms with van der Waals surface area (Å²) in [4.78, 5) is 24.1. The van der Waals surface area contributed by atoms with E-state index in [4.69, 9.17) is 0 Å². The maximum atomic E-state index is 13.5. The molecule has 9 heteroatoms. The molecule has 2 N–H and O–H groups in total. The fourth-order valence-electron chi connectivity index (χ4n) is 2.30. The molecule has 0 aliphatic carbocycles. The number of piperazine rings is 1. The molecule has 1 amide bonds. The van der Waals surface area contributed by atoms with Crippen molar-refractivity contribution in [1.29, 1.82) is 0 Å². The summed E-state index contributed by atoms with van der Waals surface area (Å²) < 4.78 is 13.7. The number of rotatable bonds is 3. The average Bonchev–Trinajstić information content (AvgIpc) is 2.48. The van der Waals surface area contributed by atoms with Crippen molar-refractivity contribution in [2.75, 3.05) is 31.6 Å². The molecule has 1 atom stereocenters. The molecule has 0 spiro atoms. The highest BCUT2D eigenvalue weighted by molar-refractivity contribution is 9.10. The molecular weight excluding hydrogens is 347 g/mol. The van der Waals surface area contributed by atoms with Gasteiger partial charge < -0.3 is 15.5 Å². The van der Waals surface area contributed by atoms with Gasteiger partial charge >= 0.3 is 0 Å². The van der Waals surface area contributed by atoms with Crippen molar-refractivity contribution in [3.63, 3.8) is 0 Å². The van der Waals surface area contributed by atoms with Crippen LogP contribution >= 0.6 is 15.9 Å². The number of amides is 1. The van der Waals surface area contributed by atoms with E-state index >= 15 is 0 Å². The van der Waals surface area contributed by atoms with Crippen LogP contribution < -0.4 is 15.5 Å². The fraction of sp³-hybridized carbons (Fsp3) is 0.417. The van der Waals surface area contributed by atoms with Gasteiger partial charge in [-0.05, 0) is 22.0 Å². The predicted molar refractivity (Wildman–Crippen MR) is 78.8 cm³/mol. The van der Waals surface area contributed by atoms with Crippen LogP contribution in [0.25, 0.3) is 0 Å². The minimum atomic E-state index is -0.711. The topological polar surface area (TPSA) is 87.5 Å². The number of nitro benzene ring substituents is 1. The van der Waals surface area contributed by atoms with Crippen LogP contribution in [0, 0.1) is 15.9 Å². The molecule has 1 heterocycles. The molecule has 7 nitrogen and oxygen atoms in total. The Labute approximate surface area is 128 Å². The van der Waals surface area contributed by atoms with Gasteiger partial charge in [-0.15, -0.1) is 0 Å². The van der Waals surface area contributed by atoms with Gasteiger partial charge in [0.15, 0.2) is 0 Å². The second-order valence-corrected chi connectivity index (χ2v) is 5.39. The quantitative estimate of drug-likeness (QED) is 0.620. The van der Waals surface area contributed by atoms with E-state index in [1.165, 1.54) is 13.1 Å². The molecule has 2 rings (SSSR count). The van der Waals surface area contributed by atoms with Crippen molar-refractivity contribution >= 4 is 33.2 Å². The second kappa shape index (κ2) is 6.35. The molecule has 1 aliphatic rings. The number of anilines is 1. The lowest BCUT2D eigenvalue weighted by atomic mass is 10.1. The number of nitro groups is 1. The Balaban J connectivity index is 2.49. The summed E-state index contributed by atoms with van der Waals surface area (Å²) in [6, 6.07) is 1.62. The molecule has 0 saturated carbocycles. The minimum absolute atomic E-state index is 0.122. The van der Waals surface area contributed by atoms with Gasteiger partial charge in [-0.25, -0.2) is 4.39 Å². The summed E-state index contributed by atoms with van der Waals surface area (Å²) in [5.74, 6) is -0.964. The van der Waals surface area contributed by atoms with Gasteiger partial charge in [0.2, 0.25) is 5.91 Å². The van der Waals surface area contributed by atoms with E-state index in [9.17, 15) is 19.3 Å². The van der Waals surface area contributed by atoms with Gasteiger partial charge in [-0.1, -0.05) is 0 Å². The van der Waals surface area contributed by atoms with Crippen LogP contribution in [0.15, 0.2) is 16.6 Å². The van der Waals surface area contributed by atoms with Crippen LogP contribution in [0.3, 0.4) is 0 Å². The highest BCUT2D eigenvalue weighted by Crippen LogP contribution is 2.34. The third kappa shape index (κ3) is 3.13. The van der Waals surface area contributed by atoms with Crippen molar-refractivity contribution in [1.82, 2.24) is 10.6 Å². The molecule has 1 aliphatic heterocycles. The van der Waals surface area contributed by atoms with Crippen molar-refractivity contribution in [3.05, 3.63) is 32.5 Å². The number of likely N-dealkylation sites (N-methyl/N-ethyl adjacent to an activating group) is 1.